The van der Waals surface area contributed by atoms with E-state index in [4.69, 9.17) is 9.47 Å². The quantitative estimate of drug-likeness (QED) is 0.334. The second-order valence-electron chi connectivity index (χ2n) is 6.73. The Labute approximate surface area is 163 Å². The summed E-state index contributed by atoms with van der Waals surface area (Å²) in [5, 5.41) is 10.1. The normalized spacial score (nSPS) is 11.0. The molecule has 2 rings (SSSR count). The number of phenolic OH excluding ortho intramolecular Hbond substituents is 1. The first kappa shape index (κ1) is 20.9. The molecule has 0 spiro atoms. The number of aromatic hydroxyl groups is 1. The van der Waals surface area contributed by atoms with Gasteiger partial charge < -0.3 is 14.6 Å². The summed E-state index contributed by atoms with van der Waals surface area (Å²) in [7, 11) is 0. The average molecular weight is 369 g/mol. The smallest absolute Gasteiger partial charge is 0.123 e. The first-order valence-electron chi connectivity index (χ1n) is 10.1. The molecule has 0 saturated heterocycles. The molecular weight excluding hydrogens is 336 g/mol. The lowest BCUT2D eigenvalue weighted by molar-refractivity contribution is 0.305. The molecule has 0 bridgehead atoms. The van der Waals surface area contributed by atoms with Crippen molar-refractivity contribution in [2.24, 2.45) is 0 Å². The number of unbranched alkanes of at least 4 members (excludes halogenated alkanes) is 4. The van der Waals surface area contributed by atoms with E-state index in [9.17, 15) is 5.11 Å². The van der Waals surface area contributed by atoms with Crippen molar-refractivity contribution < 1.29 is 14.6 Å². The van der Waals surface area contributed by atoms with E-state index in [1.54, 1.807) is 6.07 Å². The maximum Gasteiger partial charge on any atom is 0.123 e. The number of phenols is 1. The highest BCUT2D eigenvalue weighted by Gasteiger charge is 2.01. The van der Waals surface area contributed by atoms with Crippen molar-refractivity contribution in [3.05, 3.63) is 53.6 Å². The van der Waals surface area contributed by atoms with Gasteiger partial charge in [0.25, 0.3) is 0 Å². The van der Waals surface area contributed by atoms with Crippen LogP contribution in [0.3, 0.4) is 0 Å². The van der Waals surface area contributed by atoms with Crippen LogP contribution in [0.5, 0.6) is 17.2 Å². The minimum absolute atomic E-state index is 0.253. The van der Waals surface area contributed by atoms with Gasteiger partial charge in [-0.25, -0.2) is 0 Å². The van der Waals surface area contributed by atoms with E-state index in [0.717, 1.165) is 42.1 Å². The Hall–Kier alpha value is -2.42. The van der Waals surface area contributed by atoms with E-state index >= 15 is 0 Å². The van der Waals surface area contributed by atoms with Crippen molar-refractivity contribution in [2.75, 3.05) is 13.2 Å². The van der Waals surface area contributed by atoms with E-state index in [2.05, 4.69) is 13.8 Å². The Kier molecular flexibility index (Phi) is 9.33. The minimum Gasteiger partial charge on any atom is -0.507 e. The van der Waals surface area contributed by atoms with Crippen molar-refractivity contribution in [2.45, 2.75) is 52.4 Å². The second-order valence-corrected chi connectivity index (χ2v) is 6.73. The van der Waals surface area contributed by atoms with Gasteiger partial charge in [-0.05, 0) is 48.7 Å². The Bertz CT molecular complexity index is 689. The third-order valence-corrected chi connectivity index (χ3v) is 4.37. The van der Waals surface area contributed by atoms with Gasteiger partial charge in [0, 0.05) is 5.56 Å². The van der Waals surface area contributed by atoms with Gasteiger partial charge in [0.1, 0.15) is 17.2 Å². The molecule has 2 aromatic carbocycles. The van der Waals surface area contributed by atoms with Gasteiger partial charge in [-0.15, -0.1) is 0 Å². The number of rotatable bonds is 12. The lowest BCUT2D eigenvalue weighted by atomic mass is 10.1. The van der Waals surface area contributed by atoms with Crippen LogP contribution in [0.25, 0.3) is 12.2 Å². The van der Waals surface area contributed by atoms with Crippen LogP contribution >= 0.6 is 0 Å². The highest BCUT2D eigenvalue weighted by Crippen LogP contribution is 2.25. The zero-order chi connectivity index (χ0) is 19.3. The summed E-state index contributed by atoms with van der Waals surface area (Å²) in [6.45, 7) is 5.84. The Morgan fingerprint density at radius 1 is 0.741 bits per heavy atom. The van der Waals surface area contributed by atoms with Crippen molar-refractivity contribution >= 4 is 12.2 Å². The Morgan fingerprint density at radius 2 is 1.33 bits per heavy atom. The molecule has 0 fully saturated rings. The molecular formula is C24H32O3. The molecule has 0 atom stereocenters. The van der Waals surface area contributed by atoms with Crippen LogP contribution < -0.4 is 9.47 Å². The second kappa shape index (κ2) is 12.1. The molecule has 0 unspecified atom stereocenters. The lowest BCUT2D eigenvalue weighted by Gasteiger charge is -2.08. The van der Waals surface area contributed by atoms with Crippen LogP contribution in [0.2, 0.25) is 0 Å². The predicted octanol–water partition coefficient (Wildman–Crippen LogP) is 6.70. The van der Waals surface area contributed by atoms with Crippen LogP contribution in [0, 0.1) is 0 Å². The van der Waals surface area contributed by atoms with Crippen molar-refractivity contribution in [1.82, 2.24) is 0 Å². The fourth-order valence-electron chi connectivity index (χ4n) is 2.70. The summed E-state index contributed by atoms with van der Waals surface area (Å²) in [6.07, 6.45) is 10.8. The van der Waals surface area contributed by atoms with E-state index in [1.165, 1.54) is 25.7 Å². The SMILES string of the molecule is CCCCCOc1ccc(C=Cc2cc(OCCCCC)ccc2O)cc1. The first-order chi connectivity index (χ1) is 13.2. The van der Waals surface area contributed by atoms with Gasteiger partial charge in [0.2, 0.25) is 0 Å². The first-order valence-corrected chi connectivity index (χ1v) is 10.1. The molecule has 0 radical (unpaired) electrons. The zero-order valence-electron chi connectivity index (χ0n) is 16.6. The summed E-state index contributed by atoms with van der Waals surface area (Å²) < 4.78 is 11.5. The summed E-state index contributed by atoms with van der Waals surface area (Å²) in [6, 6.07) is 13.4. The van der Waals surface area contributed by atoms with Gasteiger partial charge in [0.05, 0.1) is 13.2 Å². The van der Waals surface area contributed by atoms with E-state index < -0.39 is 0 Å². The number of ether oxygens (including phenoxy) is 2. The lowest BCUT2D eigenvalue weighted by Crippen LogP contribution is -1.97. The Balaban J connectivity index is 1.92. The minimum atomic E-state index is 0.253. The third kappa shape index (κ3) is 7.78. The summed E-state index contributed by atoms with van der Waals surface area (Å²) in [5.74, 6) is 1.94. The van der Waals surface area contributed by atoms with Crippen LogP contribution in [0.1, 0.15) is 63.5 Å². The van der Waals surface area contributed by atoms with E-state index in [0.29, 0.717) is 6.61 Å². The molecule has 0 heterocycles. The molecule has 3 nitrogen and oxygen atoms in total. The fourth-order valence-corrected chi connectivity index (χ4v) is 2.70. The van der Waals surface area contributed by atoms with Crippen molar-refractivity contribution in [1.29, 1.82) is 0 Å². The van der Waals surface area contributed by atoms with Crippen molar-refractivity contribution in [3.63, 3.8) is 0 Å². The number of benzene rings is 2. The molecule has 0 aliphatic heterocycles. The average Bonchev–Trinajstić information content (AvgIpc) is 2.69. The summed E-state index contributed by atoms with van der Waals surface area (Å²) in [4.78, 5) is 0. The van der Waals surface area contributed by atoms with E-state index in [1.807, 2.05) is 48.6 Å². The van der Waals surface area contributed by atoms with Crippen molar-refractivity contribution in [3.8, 4) is 17.2 Å². The van der Waals surface area contributed by atoms with Crippen LogP contribution in [-0.2, 0) is 0 Å². The van der Waals surface area contributed by atoms with E-state index in [-0.39, 0.29) is 5.75 Å². The molecule has 2 aromatic rings. The molecule has 0 aliphatic rings. The monoisotopic (exact) mass is 368 g/mol. The highest BCUT2D eigenvalue weighted by molar-refractivity contribution is 5.73. The molecule has 0 aliphatic carbocycles. The van der Waals surface area contributed by atoms with Crippen LogP contribution in [-0.4, -0.2) is 18.3 Å². The standard InChI is InChI=1S/C24H32O3/c1-3-5-7-17-26-22-13-10-20(11-14-22)9-12-21-19-23(15-16-24(21)25)27-18-8-6-4-2/h9-16,19,25H,3-8,17-18H2,1-2H3. The summed E-state index contributed by atoms with van der Waals surface area (Å²) >= 11 is 0. The largest absolute Gasteiger partial charge is 0.507 e. The third-order valence-electron chi connectivity index (χ3n) is 4.37. The van der Waals surface area contributed by atoms with Gasteiger partial charge in [-0.3, -0.25) is 0 Å². The topological polar surface area (TPSA) is 38.7 Å². The molecule has 1 N–H and O–H groups in total. The maximum atomic E-state index is 10.1. The molecule has 0 saturated carbocycles. The zero-order valence-corrected chi connectivity index (χ0v) is 16.6. The Morgan fingerprint density at radius 3 is 1.96 bits per heavy atom. The molecule has 0 amide bonds. The number of hydrogen-bond acceptors (Lipinski definition) is 3. The van der Waals surface area contributed by atoms with Gasteiger partial charge in [-0.2, -0.15) is 0 Å². The fraction of sp³-hybridized carbons (Fsp3) is 0.417. The van der Waals surface area contributed by atoms with Gasteiger partial charge in [0.15, 0.2) is 0 Å². The summed E-state index contributed by atoms with van der Waals surface area (Å²) in [5.41, 5.74) is 1.81. The molecule has 146 valence electrons. The highest BCUT2D eigenvalue weighted by atomic mass is 16.5. The molecule has 0 aromatic heterocycles. The van der Waals surface area contributed by atoms with Crippen LogP contribution in [0.15, 0.2) is 42.5 Å². The molecule has 3 heteroatoms. The van der Waals surface area contributed by atoms with Crippen LogP contribution in [0.4, 0.5) is 0 Å². The van der Waals surface area contributed by atoms with Gasteiger partial charge in [-0.1, -0.05) is 63.8 Å². The number of hydrogen-bond donors (Lipinski definition) is 1. The maximum absolute atomic E-state index is 10.1. The van der Waals surface area contributed by atoms with Gasteiger partial charge >= 0.3 is 0 Å². The predicted molar refractivity (Wildman–Crippen MR) is 114 cm³/mol. The molecule has 27 heavy (non-hydrogen) atoms.